The van der Waals surface area contributed by atoms with Crippen molar-refractivity contribution in [2.45, 2.75) is 18.9 Å². The lowest BCUT2D eigenvalue weighted by molar-refractivity contribution is 0.0715. The topological polar surface area (TPSA) is 84.1 Å². The molecule has 0 aliphatic carbocycles. The Kier molecular flexibility index (Phi) is 5.19. The number of nitrogens with two attached hydrogens (primary N) is 1. The number of carbonyl (C=O) groups is 1. The van der Waals surface area contributed by atoms with E-state index >= 15 is 0 Å². The zero-order chi connectivity index (χ0) is 19.3. The molecule has 0 unspecified atom stereocenters. The number of amides is 1. The lowest BCUT2D eigenvalue weighted by atomic mass is 10.0. The molecular weight excluding hydrogens is 350 g/mol. The van der Waals surface area contributed by atoms with Crippen LogP contribution in [-0.4, -0.2) is 39.9 Å². The predicted octanol–water partition coefficient (Wildman–Crippen LogP) is 3.44. The first-order valence-electron chi connectivity index (χ1n) is 9.49. The number of aromatic nitrogens is 2. The molecule has 1 saturated heterocycles. The van der Waals surface area contributed by atoms with Crippen LogP contribution in [0.25, 0.3) is 11.3 Å². The summed E-state index contributed by atoms with van der Waals surface area (Å²) < 4.78 is 0. The lowest BCUT2D eigenvalue weighted by Crippen LogP contribution is -2.45. The van der Waals surface area contributed by atoms with E-state index in [1.807, 2.05) is 65.6 Å². The Morgan fingerprint density at radius 3 is 2.54 bits per heavy atom. The molecule has 142 valence electrons. The van der Waals surface area contributed by atoms with Gasteiger partial charge in [0.25, 0.3) is 5.91 Å². The summed E-state index contributed by atoms with van der Waals surface area (Å²) in [5.41, 5.74) is 8.79. The molecule has 3 aromatic rings. The van der Waals surface area contributed by atoms with Gasteiger partial charge in [-0.1, -0.05) is 48.5 Å². The molecule has 0 spiro atoms. The fourth-order valence-corrected chi connectivity index (χ4v) is 3.59. The van der Waals surface area contributed by atoms with Gasteiger partial charge in [0.2, 0.25) is 5.95 Å². The summed E-state index contributed by atoms with van der Waals surface area (Å²) in [6.07, 6.45) is 3.52. The fourth-order valence-electron chi connectivity index (χ4n) is 3.59. The number of anilines is 2. The van der Waals surface area contributed by atoms with Crippen LogP contribution >= 0.6 is 0 Å². The highest BCUT2D eigenvalue weighted by molar-refractivity contribution is 5.99. The third-order valence-corrected chi connectivity index (χ3v) is 4.94. The van der Waals surface area contributed by atoms with Crippen LogP contribution in [0.1, 0.15) is 23.2 Å². The number of nitrogens with zero attached hydrogens (tertiary/aromatic N) is 3. The van der Waals surface area contributed by atoms with Gasteiger partial charge in [0.15, 0.2) is 0 Å². The summed E-state index contributed by atoms with van der Waals surface area (Å²) in [4.78, 5) is 23.6. The Hall–Kier alpha value is -3.41. The zero-order valence-electron chi connectivity index (χ0n) is 15.6. The molecule has 6 nitrogen and oxygen atoms in total. The quantitative estimate of drug-likeness (QED) is 0.732. The molecule has 0 bridgehead atoms. The normalized spacial score (nSPS) is 16.6. The molecule has 2 heterocycles. The van der Waals surface area contributed by atoms with Crippen molar-refractivity contribution in [1.29, 1.82) is 0 Å². The van der Waals surface area contributed by atoms with Gasteiger partial charge in [-0.25, -0.2) is 9.97 Å². The predicted molar refractivity (Wildman–Crippen MR) is 111 cm³/mol. The number of rotatable bonds is 4. The number of hydrogen-bond acceptors (Lipinski definition) is 5. The number of nitrogens with one attached hydrogen (secondary N) is 1. The van der Waals surface area contributed by atoms with E-state index in [0.717, 1.165) is 30.6 Å². The first-order chi connectivity index (χ1) is 13.7. The van der Waals surface area contributed by atoms with E-state index in [1.165, 1.54) is 0 Å². The van der Waals surface area contributed by atoms with Crippen molar-refractivity contribution in [1.82, 2.24) is 14.9 Å². The molecule has 0 radical (unpaired) electrons. The minimum Gasteiger partial charge on any atom is -0.381 e. The maximum atomic E-state index is 13.3. The number of likely N-dealkylation sites (tertiary alicyclic amines) is 1. The van der Waals surface area contributed by atoms with E-state index in [1.54, 1.807) is 6.20 Å². The van der Waals surface area contributed by atoms with Gasteiger partial charge in [-0.05, 0) is 25.0 Å². The van der Waals surface area contributed by atoms with Gasteiger partial charge >= 0.3 is 0 Å². The number of carbonyl (C=O) groups excluding carboxylic acids is 1. The van der Waals surface area contributed by atoms with Crippen LogP contribution in [0, 0.1) is 0 Å². The maximum Gasteiger partial charge on any atom is 0.257 e. The Balaban J connectivity index is 1.56. The van der Waals surface area contributed by atoms with Crippen LogP contribution in [0.4, 0.5) is 11.6 Å². The van der Waals surface area contributed by atoms with Gasteiger partial charge in [-0.2, -0.15) is 0 Å². The second kappa shape index (κ2) is 8.08. The van der Waals surface area contributed by atoms with Gasteiger partial charge in [-0.15, -0.1) is 0 Å². The molecule has 0 saturated carbocycles. The third kappa shape index (κ3) is 3.96. The smallest absolute Gasteiger partial charge is 0.257 e. The van der Waals surface area contributed by atoms with Crippen molar-refractivity contribution < 1.29 is 4.79 Å². The van der Waals surface area contributed by atoms with E-state index in [9.17, 15) is 4.79 Å². The minimum absolute atomic E-state index is 0.0570. The van der Waals surface area contributed by atoms with Gasteiger partial charge in [0.1, 0.15) is 0 Å². The van der Waals surface area contributed by atoms with Crippen molar-refractivity contribution in [3.05, 3.63) is 72.4 Å². The summed E-state index contributed by atoms with van der Waals surface area (Å²) >= 11 is 0. The number of para-hydroxylation sites is 1. The van der Waals surface area contributed by atoms with Gasteiger partial charge < -0.3 is 16.0 Å². The van der Waals surface area contributed by atoms with Crippen molar-refractivity contribution in [2.24, 2.45) is 0 Å². The molecule has 1 aromatic heterocycles. The summed E-state index contributed by atoms with van der Waals surface area (Å²) in [5.74, 6) is 0.107. The van der Waals surface area contributed by atoms with Crippen molar-refractivity contribution in [2.75, 3.05) is 24.1 Å². The second-order valence-electron chi connectivity index (χ2n) is 6.96. The fraction of sp³-hybridized carbons (Fsp3) is 0.227. The van der Waals surface area contributed by atoms with Gasteiger partial charge in [0, 0.05) is 36.6 Å². The number of hydrogen-bond donors (Lipinski definition) is 2. The largest absolute Gasteiger partial charge is 0.381 e. The highest BCUT2D eigenvalue weighted by atomic mass is 16.2. The lowest BCUT2D eigenvalue weighted by Gasteiger charge is -2.34. The van der Waals surface area contributed by atoms with Crippen LogP contribution in [0.3, 0.4) is 0 Å². The van der Waals surface area contributed by atoms with Crippen LogP contribution < -0.4 is 11.1 Å². The van der Waals surface area contributed by atoms with E-state index in [-0.39, 0.29) is 17.9 Å². The third-order valence-electron chi connectivity index (χ3n) is 4.94. The zero-order valence-corrected chi connectivity index (χ0v) is 15.6. The summed E-state index contributed by atoms with van der Waals surface area (Å²) in [6.45, 7) is 1.37. The molecule has 1 fully saturated rings. The summed E-state index contributed by atoms with van der Waals surface area (Å²) in [7, 11) is 0. The van der Waals surface area contributed by atoms with Gasteiger partial charge in [0.05, 0.1) is 11.3 Å². The Bertz CT molecular complexity index is 946. The van der Waals surface area contributed by atoms with Crippen molar-refractivity contribution in [3.63, 3.8) is 0 Å². The number of piperidine rings is 1. The Labute approximate surface area is 164 Å². The molecule has 3 N–H and O–H groups in total. The molecular formula is C22H23N5O. The molecule has 1 amide bonds. The van der Waals surface area contributed by atoms with Crippen LogP contribution in [0.5, 0.6) is 0 Å². The number of benzene rings is 2. The monoisotopic (exact) mass is 373 g/mol. The van der Waals surface area contributed by atoms with Crippen LogP contribution in [0.15, 0.2) is 66.9 Å². The highest BCUT2D eigenvalue weighted by Crippen LogP contribution is 2.25. The molecule has 1 aliphatic rings. The van der Waals surface area contributed by atoms with E-state index in [0.29, 0.717) is 17.8 Å². The molecule has 4 rings (SSSR count). The molecule has 1 atom stereocenters. The minimum atomic E-state index is -0.0570. The first kappa shape index (κ1) is 18.0. The molecule has 6 heteroatoms. The average Bonchev–Trinajstić information content (AvgIpc) is 2.75. The Morgan fingerprint density at radius 1 is 1.07 bits per heavy atom. The average molecular weight is 373 g/mol. The van der Waals surface area contributed by atoms with Crippen molar-refractivity contribution in [3.8, 4) is 11.3 Å². The summed E-state index contributed by atoms with van der Waals surface area (Å²) in [5, 5.41) is 3.53. The maximum absolute atomic E-state index is 13.3. The standard InChI is InChI=1S/C22H23N5O/c23-22-24-14-19(20(26-22)16-8-3-1-4-9-16)21(28)27-13-7-12-18(15-27)25-17-10-5-2-6-11-17/h1-6,8-11,14,18,25H,7,12-13,15H2,(H2,23,24,26)/t18-/m0/s1. The summed E-state index contributed by atoms with van der Waals surface area (Å²) in [6, 6.07) is 19.9. The van der Waals surface area contributed by atoms with E-state index in [2.05, 4.69) is 15.3 Å². The second-order valence-corrected chi connectivity index (χ2v) is 6.96. The van der Waals surface area contributed by atoms with Crippen LogP contribution in [0.2, 0.25) is 0 Å². The van der Waals surface area contributed by atoms with E-state index < -0.39 is 0 Å². The highest BCUT2D eigenvalue weighted by Gasteiger charge is 2.27. The van der Waals surface area contributed by atoms with Crippen molar-refractivity contribution >= 4 is 17.5 Å². The first-order valence-corrected chi connectivity index (χ1v) is 9.49. The molecule has 28 heavy (non-hydrogen) atoms. The SMILES string of the molecule is Nc1ncc(C(=O)N2CCC[C@H](Nc3ccccc3)C2)c(-c2ccccc2)n1. The van der Waals surface area contributed by atoms with Crippen LogP contribution in [-0.2, 0) is 0 Å². The number of nitrogen functional groups attached to an aromatic ring is 1. The molecule has 2 aromatic carbocycles. The van der Waals surface area contributed by atoms with E-state index in [4.69, 9.17) is 5.73 Å². The Morgan fingerprint density at radius 2 is 1.79 bits per heavy atom. The van der Waals surface area contributed by atoms with Gasteiger partial charge in [-0.3, -0.25) is 4.79 Å². The molecule has 1 aliphatic heterocycles.